The molecule has 0 aliphatic rings. The van der Waals surface area contributed by atoms with Gasteiger partial charge in [-0.3, -0.25) is 0 Å². The van der Waals surface area contributed by atoms with Gasteiger partial charge in [0.1, 0.15) is 0 Å². The second-order valence-electron chi connectivity index (χ2n) is 5.01. The number of rotatable bonds is 11. The monoisotopic (exact) mass is 303 g/mol. The molecule has 0 N–H and O–H groups in total. The van der Waals surface area contributed by atoms with Crippen LogP contribution >= 0.6 is 0 Å². The molecule has 2 heteroatoms. The third-order valence-electron chi connectivity index (χ3n) is 3.26. The second-order valence-corrected chi connectivity index (χ2v) is 5.01. The molecule has 0 aromatic heterocycles. The average Bonchev–Trinajstić information content (AvgIpc) is 2.27. The van der Waals surface area contributed by atoms with E-state index in [4.69, 9.17) is 0 Å². The third-order valence-corrected chi connectivity index (χ3v) is 3.26. The van der Waals surface area contributed by atoms with E-state index in [1.165, 1.54) is 49.8 Å². The first-order chi connectivity index (χ1) is 7.68. The SMILES string of the molecule is C=CCCC[N+](C)(CCCC)CCCC=C.[Br-]. The van der Waals surface area contributed by atoms with E-state index in [1.807, 2.05) is 12.2 Å². The first kappa shape index (κ1) is 19.3. The van der Waals surface area contributed by atoms with Crippen LogP contribution < -0.4 is 17.0 Å². The molecule has 102 valence electrons. The molecular weight excluding hydrogens is 274 g/mol. The van der Waals surface area contributed by atoms with Crippen LogP contribution in [0.1, 0.15) is 45.4 Å². The maximum Gasteiger partial charge on any atom is 0.0787 e. The highest BCUT2D eigenvalue weighted by atomic mass is 79.9. The minimum Gasteiger partial charge on any atom is -1.00 e. The molecule has 0 aliphatic heterocycles. The van der Waals surface area contributed by atoms with Gasteiger partial charge in [-0.15, -0.1) is 13.2 Å². The van der Waals surface area contributed by atoms with Crippen molar-refractivity contribution in [3.8, 4) is 0 Å². The highest BCUT2D eigenvalue weighted by Crippen LogP contribution is 2.11. The fourth-order valence-corrected chi connectivity index (χ4v) is 2.11. The first-order valence-electron chi connectivity index (χ1n) is 6.74. The highest BCUT2D eigenvalue weighted by Gasteiger charge is 2.19. The predicted molar refractivity (Wildman–Crippen MR) is 74.6 cm³/mol. The van der Waals surface area contributed by atoms with E-state index in [1.54, 1.807) is 0 Å². The van der Waals surface area contributed by atoms with Crippen molar-refractivity contribution in [3.05, 3.63) is 25.3 Å². The zero-order chi connectivity index (χ0) is 12.3. The largest absolute Gasteiger partial charge is 1.00 e. The number of hydrogen-bond acceptors (Lipinski definition) is 0. The molecule has 0 rings (SSSR count). The Kier molecular flexibility index (Phi) is 14.0. The smallest absolute Gasteiger partial charge is 0.0787 e. The van der Waals surface area contributed by atoms with Gasteiger partial charge in [0.15, 0.2) is 0 Å². The highest BCUT2D eigenvalue weighted by molar-refractivity contribution is 4.67. The zero-order valence-corrected chi connectivity index (χ0v) is 13.3. The third kappa shape index (κ3) is 10.8. The molecular formula is C15H30BrN. The van der Waals surface area contributed by atoms with Crippen LogP contribution in [0.25, 0.3) is 0 Å². The Morgan fingerprint density at radius 3 is 1.65 bits per heavy atom. The molecule has 0 heterocycles. The summed E-state index contributed by atoms with van der Waals surface area (Å²) in [7, 11) is 2.40. The van der Waals surface area contributed by atoms with Crippen molar-refractivity contribution in [2.75, 3.05) is 26.7 Å². The summed E-state index contributed by atoms with van der Waals surface area (Å²) in [5.41, 5.74) is 0. The Balaban J connectivity index is 0. The Morgan fingerprint density at radius 2 is 1.29 bits per heavy atom. The van der Waals surface area contributed by atoms with Crippen LogP contribution in [0.2, 0.25) is 0 Å². The molecule has 0 radical (unpaired) electrons. The van der Waals surface area contributed by atoms with Crippen molar-refractivity contribution >= 4 is 0 Å². The molecule has 0 aromatic carbocycles. The molecule has 0 spiro atoms. The minimum absolute atomic E-state index is 0. The van der Waals surface area contributed by atoms with Crippen LogP contribution in [0.4, 0.5) is 0 Å². The first-order valence-corrected chi connectivity index (χ1v) is 6.74. The van der Waals surface area contributed by atoms with E-state index >= 15 is 0 Å². The van der Waals surface area contributed by atoms with E-state index in [0.717, 1.165) is 12.8 Å². The Bertz CT molecular complexity index is 175. The van der Waals surface area contributed by atoms with Gasteiger partial charge in [-0.2, -0.15) is 0 Å². The van der Waals surface area contributed by atoms with Gasteiger partial charge in [0.25, 0.3) is 0 Å². The van der Waals surface area contributed by atoms with Crippen LogP contribution in [0.15, 0.2) is 25.3 Å². The van der Waals surface area contributed by atoms with Gasteiger partial charge in [-0.05, 0) is 32.1 Å². The summed E-state index contributed by atoms with van der Waals surface area (Å²) >= 11 is 0. The summed E-state index contributed by atoms with van der Waals surface area (Å²) in [6.07, 6.45) is 11.6. The van der Waals surface area contributed by atoms with Crippen molar-refractivity contribution in [3.63, 3.8) is 0 Å². The fraction of sp³-hybridized carbons (Fsp3) is 0.733. The standard InChI is InChI=1S/C15H30N.BrH/c1-5-8-11-14-16(4,13-10-7-3)15-12-9-6-2;/h5-6H,1-2,7-15H2,3-4H3;1H/q+1;/p-1. The lowest BCUT2D eigenvalue weighted by molar-refractivity contribution is -0.910. The van der Waals surface area contributed by atoms with Gasteiger partial charge in [-0.1, -0.05) is 25.5 Å². The van der Waals surface area contributed by atoms with E-state index in [9.17, 15) is 0 Å². The fourth-order valence-electron chi connectivity index (χ4n) is 2.11. The lowest BCUT2D eigenvalue weighted by Crippen LogP contribution is -3.00. The Labute approximate surface area is 119 Å². The molecule has 0 atom stereocenters. The molecule has 1 nitrogen and oxygen atoms in total. The van der Waals surface area contributed by atoms with Gasteiger partial charge >= 0.3 is 0 Å². The van der Waals surface area contributed by atoms with Crippen molar-refractivity contribution in [2.45, 2.75) is 45.4 Å². The van der Waals surface area contributed by atoms with Crippen LogP contribution in [-0.4, -0.2) is 31.2 Å². The number of allylic oxidation sites excluding steroid dienone is 2. The van der Waals surface area contributed by atoms with E-state index in [2.05, 4.69) is 27.1 Å². The lowest BCUT2D eigenvalue weighted by Gasteiger charge is -2.34. The van der Waals surface area contributed by atoms with Crippen molar-refractivity contribution in [2.24, 2.45) is 0 Å². The van der Waals surface area contributed by atoms with E-state index in [-0.39, 0.29) is 17.0 Å². The van der Waals surface area contributed by atoms with Gasteiger partial charge in [0.05, 0.1) is 26.7 Å². The van der Waals surface area contributed by atoms with Gasteiger partial charge in [0.2, 0.25) is 0 Å². The molecule has 0 saturated carbocycles. The maximum atomic E-state index is 3.80. The Hall–Kier alpha value is -0.0800. The molecule has 0 aliphatic carbocycles. The number of unbranched alkanes of at least 4 members (excludes halogenated alkanes) is 3. The molecule has 0 bridgehead atoms. The summed E-state index contributed by atoms with van der Waals surface area (Å²) in [5, 5.41) is 0. The quantitative estimate of drug-likeness (QED) is 0.305. The molecule has 0 fully saturated rings. The normalized spacial score (nSPS) is 10.7. The van der Waals surface area contributed by atoms with Crippen molar-refractivity contribution in [1.29, 1.82) is 0 Å². The predicted octanol–water partition coefficient (Wildman–Crippen LogP) is 1.17. The number of quaternary nitrogens is 1. The lowest BCUT2D eigenvalue weighted by atomic mass is 10.2. The molecule has 0 aromatic rings. The van der Waals surface area contributed by atoms with Crippen molar-refractivity contribution < 1.29 is 21.5 Å². The van der Waals surface area contributed by atoms with Crippen LogP contribution in [0.5, 0.6) is 0 Å². The summed E-state index contributed by atoms with van der Waals surface area (Å²) in [6, 6.07) is 0. The summed E-state index contributed by atoms with van der Waals surface area (Å²) < 4.78 is 1.23. The zero-order valence-electron chi connectivity index (χ0n) is 11.8. The number of hydrogen-bond donors (Lipinski definition) is 0. The van der Waals surface area contributed by atoms with E-state index < -0.39 is 0 Å². The van der Waals surface area contributed by atoms with E-state index in [0.29, 0.717) is 0 Å². The minimum atomic E-state index is 0. The van der Waals surface area contributed by atoms with Crippen LogP contribution in [0, 0.1) is 0 Å². The molecule has 0 amide bonds. The number of halogens is 1. The summed E-state index contributed by atoms with van der Waals surface area (Å²) in [6.45, 7) is 13.8. The topological polar surface area (TPSA) is 0 Å². The number of nitrogens with zero attached hydrogens (tertiary/aromatic N) is 1. The molecule has 0 saturated heterocycles. The van der Waals surface area contributed by atoms with Gasteiger partial charge < -0.3 is 21.5 Å². The van der Waals surface area contributed by atoms with Crippen LogP contribution in [0.3, 0.4) is 0 Å². The van der Waals surface area contributed by atoms with Gasteiger partial charge in [-0.25, -0.2) is 0 Å². The average molecular weight is 304 g/mol. The molecule has 17 heavy (non-hydrogen) atoms. The summed E-state index contributed by atoms with van der Waals surface area (Å²) in [5.74, 6) is 0. The Morgan fingerprint density at radius 1 is 0.882 bits per heavy atom. The van der Waals surface area contributed by atoms with Crippen molar-refractivity contribution in [1.82, 2.24) is 0 Å². The summed E-state index contributed by atoms with van der Waals surface area (Å²) in [4.78, 5) is 0. The van der Waals surface area contributed by atoms with Crippen LogP contribution in [-0.2, 0) is 0 Å². The molecule has 0 unspecified atom stereocenters. The second kappa shape index (κ2) is 12.4. The maximum absolute atomic E-state index is 3.80. The van der Waals surface area contributed by atoms with Gasteiger partial charge in [0, 0.05) is 0 Å².